The van der Waals surface area contributed by atoms with E-state index < -0.39 is 17.7 Å². The monoisotopic (exact) mass is 647 g/mol. The molecule has 0 saturated carbocycles. The summed E-state index contributed by atoms with van der Waals surface area (Å²) in [6.07, 6.45) is 2.81. The minimum atomic E-state index is -0.800. The van der Waals surface area contributed by atoms with E-state index in [4.69, 9.17) is 9.47 Å². The molecule has 0 aliphatic carbocycles. The highest BCUT2D eigenvalue weighted by atomic mass is 19.1. The van der Waals surface area contributed by atoms with Gasteiger partial charge in [0.2, 0.25) is 0 Å². The molecule has 0 spiro atoms. The number of ether oxygens (including phenoxy) is 2. The molecule has 1 fully saturated rings. The van der Waals surface area contributed by atoms with E-state index >= 15 is 0 Å². The van der Waals surface area contributed by atoms with Crippen LogP contribution in [0.1, 0.15) is 22.8 Å². The Kier molecular flexibility index (Phi) is 10.6. The van der Waals surface area contributed by atoms with E-state index in [2.05, 4.69) is 30.8 Å². The van der Waals surface area contributed by atoms with Crippen molar-refractivity contribution in [3.05, 3.63) is 89.8 Å². The number of urea groups is 1. The molecule has 1 saturated heterocycles. The number of piperazine rings is 1. The standard InChI is InChI=1S/C33H35F2N7O5/c1-3-46-33(45)42-14-12-41(13-15-42)11-10-37-31(43)22-17-29(38-20-22)30-19-24(8-9-36-30)47-23-5-7-27(26(35)18-23)39-32(44)40-28-16-21(2)4-6-25(28)34/h4-9,16-20,38H,3,10-15H2,1-2H3,(H,37,43)(H2,39,40,44). The maximum Gasteiger partial charge on any atom is 0.409 e. The summed E-state index contributed by atoms with van der Waals surface area (Å²) in [7, 11) is 0. The molecule has 0 unspecified atom stereocenters. The largest absolute Gasteiger partial charge is 0.457 e. The molecule has 4 N–H and O–H groups in total. The van der Waals surface area contributed by atoms with Gasteiger partial charge in [0.25, 0.3) is 5.91 Å². The van der Waals surface area contributed by atoms with Crippen LogP contribution in [-0.4, -0.2) is 83.7 Å². The smallest absolute Gasteiger partial charge is 0.409 e. The van der Waals surface area contributed by atoms with E-state index in [0.29, 0.717) is 68.6 Å². The highest BCUT2D eigenvalue weighted by Crippen LogP contribution is 2.28. The van der Waals surface area contributed by atoms with Crippen molar-refractivity contribution in [3.63, 3.8) is 0 Å². The molecule has 1 aliphatic rings. The Labute approximate surface area is 270 Å². The van der Waals surface area contributed by atoms with E-state index in [0.717, 1.165) is 11.6 Å². The summed E-state index contributed by atoms with van der Waals surface area (Å²) < 4.78 is 39.6. The molecule has 2 aromatic heterocycles. The zero-order valence-electron chi connectivity index (χ0n) is 25.9. The summed E-state index contributed by atoms with van der Waals surface area (Å²) in [5, 5.41) is 7.65. The molecule has 246 valence electrons. The molecule has 47 heavy (non-hydrogen) atoms. The Morgan fingerprint density at radius 1 is 0.915 bits per heavy atom. The molecule has 4 amide bonds. The second-order valence-electron chi connectivity index (χ2n) is 10.8. The number of pyridine rings is 1. The van der Waals surface area contributed by atoms with Gasteiger partial charge in [0.15, 0.2) is 0 Å². The van der Waals surface area contributed by atoms with Crippen molar-refractivity contribution >= 4 is 29.4 Å². The van der Waals surface area contributed by atoms with Crippen LogP contribution >= 0.6 is 0 Å². The Morgan fingerprint density at radius 3 is 2.45 bits per heavy atom. The van der Waals surface area contributed by atoms with Gasteiger partial charge in [0, 0.05) is 63.8 Å². The van der Waals surface area contributed by atoms with E-state index in [1.54, 1.807) is 49.2 Å². The Hall–Kier alpha value is -5.50. The molecular weight excluding hydrogens is 612 g/mol. The number of carbonyl (C=O) groups is 3. The Bertz CT molecular complexity index is 1740. The molecule has 5 rings (SSSR count). The lowest BCUT2D eigenvalue weighted by Crippen LogP contribution is -2.50. The maximum absolute atomic E-state index is 14.8. The number of hydrogen-bond donors (Lipinski definition) is 4. The van der Waals surface area contributed by atoms with E-state index in [1.807, 2.05) is 0 Å². The predicted octanol–water partition coefficient (Wildman–Crippen LogP) is 5.60. The van der Waals surface area contributed by atoms with E-state index in [9.17, 15) is 23.2 Å². The van der Waals surface area contributed by atoms with Crippen LogP contribution < -0.4 is 20.7 Å². The van der Waals surface area contributed by atoms with Gasteiger partial charge in [-0.2, -0.15) is 0 Å². The summed E-state index contributed by atoms with van der Waals surface area (Å²) in [6, 6.07) is 12.3. The number of H-pyrrole nitrogens is 1. The second kappa shape index (κ2) is 15.2. The molecule has 12 nitrogen and oxygen atoms in total. The summed E-state index contributed by atoms with van der Waals surface area (Å²) in [5.74, 6) is -1.07. The molecule has 3 heterocycles. The number of aryl methyl sites for hydroxylation is 1. The first-order chi connectivity index (χ1) is 22.7. The van der Waals surface area contributed by atoms with Gasteiger partial charge in [0.1, 0.15) is 23.1 Å². The molecule has 0 atom stereocenters. The number of halogens is 2. The number of carbonyl (C=O) groups excluding carboxylic acids is 3. The zero-order chi connectivity index (χ0) is 33.3. The lowest BCUT2D eigenvalue weighted by atomic mass is 10.2. The third-order valence-corrected chi connectivity index (χ3v) is 7.36. The second-order valence-corrected chi connectivity index (χ2v) is 10.8. The number of amides is 4. The van der Waals surface area contributed by atoms with Crippen molar-refractivity contribution in [3.8, 4) is 22.9 Å². The van der Waals surface area contributed by atoms with Crippen molar-refractivity contribution in [1.29, 1.82) is 0 Å². The molecule has 4 aromatic rings. The van der Waals surface area contributed by atoms with Crippen LogP contribution in [-0.2, 0) is 4.74 Å². The predicted molar refractivity (Wildman–Crippen MR) is 172 cm³/mol. The highest BCUT2D eigenvalue weighted by molar-refractivity contribution is 6.00. The van der Waals surface area contributed by atoms with Crippen molar-refractivity contribution in [2.75, 3.05) is 56.5 Å². The summed E-state index contributed by atoms with van der Waals surface area (Å²) in [4.78, 5) is 48.2. The first-order valence-electron chi connectivity index (χ1n) is 15.1. The molecule has 0 radical (unpaired) electrons. The minimum absolute atomic E-state index is 0.0228. The normalized spacial score (nSPS) is 13.1. The van der Waals surface area contributed by atoms with Gasteiger partial charge in [0.05, 0.1) is 34.9 Å². The zero-order valence-corrected chi connectivity index (χ0v) is 25.9. The van der Waals surface area contributed by atoms with Crippen molar-refractivity contribution in [2.45, 2.75) is 13.8 Å². The van der Waals surface area contributed by atoms with Crippen LogP contribution in [0.4, 0.5) is 29.7 Å². The van der Waals surface area contributed by atoms with Crippen LogP contribution in [0.3, 0.4) is 0 Å². The van der Waals surface area contributed by atoms with Crippen LogP contribution in [0.15, 0.2) is 67.0 Å². The van der Waals surface area contributed by atoms with Crippen LogP contribution in [0.5, 0.6) is 11.5 Å². The number of nitrogens with zero attached hydrogens (tertiary/aromatic N) is 3. The van der Waals surface area contributed by atoms with Crippen molar-refractivity contribution < 1.29 is 32.6 Å². The fourth-order valence-electron chi connectivity index (χ4n) is 4.90. The van der Waals surface area contributed by atoms with E-state index in [-0.39, 0.29) is 29.1 Å². The first kappa shape index (κ1) is 32.9. The van der Waals surface area contributed by atoms with Crippen LogP contribution in [0, 0.1) is 18.6 Å². The summed E-state index contributed by atoms with van der Waals surface area (Å²) in [6.45, 7) is 7.55. The lowest BCUT2D eigenvalue weighted by molar-refractivity contribution is 0.0792. The third-order valence-electron chi connectivity index (χ3n) is 7.36. The lowest BCUT2D eigenvalue weighted by Gasteiger charge is -2.33. The highest BCUT2D eigenvalue weighted by Gasteiger charge is 2.22. The van der Waals surface area contributed by atoms with E-state index in [1.165, 1.54) is 30.5 Å². The number of anilines is 2. The maximum atomic E-state index is 14.8. The molecular formula is C33H35F2N7O5. The van der Waals surface area contributed by atoms with Gasteiger partial charge in [-0.15, -0.1) is 0 Å². The van der Waals surface area contributed by atoms with Crippen molar-refractivity contribution in [2.24, 2.45) is 0 Å². The number of aromatic amines is 1. The van der Waals surface area contributed by atoms with Gasteiger partial charge in [-0.25, -0.2) is 18.4 Å². The van der Waals surface area contributed by atoms with Gasteiger partial charge in [-0.05, 0) is 55.8 Å². The summed E-state index contributed by atoms with van der Waals surface area (Å²) >= 11 is 0. The van der Waals surface area contributed by atoms with Gasteiger partial charge < -0.3 is 35.3 Å². The average molecular weight is 648 g/mol. The van der Waals surface area contributed by atoms with Gasteiger partial charge >= 0.3 is 12.1 Å². The topological polar surface area (TPSA) is 141 Å². The van der Waals surface area contributed by atoms with Crippen LogP contribution in [0.25, 0.3) is 11.4 Å². The third kappa shape index (κ3) is 8.82. The quantitative estimate of drug-likeness (QED) is 0.176. The van der Waals surface area contributed by atoms with Gasteiger partial charge in [-0.3, -0.25) is 14.7 Å². The molecule has 1 aliphatic heterocycles. The molecule has 2 aromatic carbocycles. The Balaban J connectivity index is 1.11. The fourth-order valence-corrected chi connectivity index (χ4v) is 4.90. The number of benzene rings is 2. The number of aromatic nitrogens is 2. The fraction of sp³-hybridized carbons (Fsp3) is 0.273. The SMILES string of the molecule is CCOC(=O)N1CCN(CCNC(=O)c2c[nH]c(-c3cc(Oc4ccc(NC(=O)Nc5cc(C)ccc5F)c(F)c4)ccn3)c2)CC1. The van der Waals surface area contributed by atoms with Crippen molar-refractivity contribution in [1.82, 2.24) is 25.1 Å². The number of hydrogen-bond acceptors (Lipinski definition) is 7. The molecule has 14 heteroatoms. The minimum Gasteiger partial charge on any atom is -0.457 e. The van der Waals surface area contributed by atoms with Crippen LogP contribution in [0.2, 0.25) is 0 Å². The molecule has 0 bridgehead atoms. The van der Waals surface area contributed by atoms with Gasteiger partial charge in [-0.1, -0.05) is 6.07 Å². The average Bonchev–Trinajstić information content (AvgIpc) is 3.56. The number of nitrogens with one attached hydrogen (secondary N) is 4. The summed E-state index contributed by atoms with van der Waals surface area (Å²) in [5.41, 5.74) is 2.12. The number of rotatable bonds is 10. The first-order valence-corrected chi connectivity index (χ1v) is 15.1. The Morgan fingerprint density at radius 2 is 1.68 bits per heavy atom.